The summed E-state index contributed by atoms with van der Waals surface area (Å²) in [5.41, 5.74) is 0.630. The Balaban J connectivity index is 1.49. The zero-order valence-electron chi connectivity index (χ0n) is 23.0. The Morgan fingerprint density at radius 1 is 1.07 bits per heavy atom. The van der Waals surface area contributed by atoms with E-state index in [1.165, 1.54) is 46.3 Å². The molecule has 0 bridgehead atoms. The van der Waals surface area contributed by atoms with E-state index in [4.69, 9.17) is 4.74 Å². The summed E-state index contributed by atoms with van der Waals surface area (Å²) in [6.45, 7) is 1.05. The first-order valence-electron chi connectivity index (χ1n) is 14.2. The molecule has 2 aliphatic heterocycles. The lowest BCUT2D eigenvalue weighted by Crippen LogP contribution is -2.62. The number of fused-ring (bicyclic) bond motifs is 1. The van der Waals surface area contributed by atoms with Gasteiger partial charge in [-0.05, 0) is 73.6 Å². The number of hydrogen-bond acceptors (Lipinski definition) is 6. The van der Waals surface area contributed by atoms with Gasteiger partial charge in [-0.2, -0.15) is 5.26 Å². The lowest BCUT2D eigenvalue weighted by atomic mass is 9.86. The van der Waals surface area contributed by atoms with E-state index in [1.807, 2.05) is 30.3 Å². The van der Waals surface area contributed by atoms with Gasteiger partial charge in [0, 0.05) is 37.6 Å². The smallest absolute Gasteiger partial charge is 0.251 e. The number of nitrogens with one attached hydrogen (secondary N) is 1. The third-order valence-corrected chi connectivity index (χ3v) is 8.44. The average molecular weight is 568 g/mol. The van der Waals surface area contributed by atoms with Crippen molar-refractivity contribution in [2.45, 2.75) is 56.1 Å². The normalized spacial score (nSPS) is 22.0. The quantitative estimate of drug-likeness (QED) is 0.485. The molecule has 3 heterocycles. The maximum Gasteiger partial charge on any atom is 0.251 e. The molecule has 2 atom stereocenters. The number of aryl methyl sites for hydroxylation is 1. The fourth-order valence-electron chi connectivity index (χ4n) is 6.43. The molecule has 42 heavy (non-hydrogen) atoms. The number of benzene rings is 2. The minimum atomic E-state index is -1.49. The lowest BCUT2D eigenvalue weighted by Gasteiger charge is -2.43. The molecule has 3 aliphatic rings. The van der Waals surface area contributed by atoms with Crippen LogP contribution in [0.25, 0.3) is 0 Å². The van der Waals surface area contributed by atoms with Crippen molar-refractivity contribution in [1.29, 1.82) is 5.26 Å². The van der Waals surface area contributed by atoms with Crippen LogP contribution in [0.2, 0.25) is 0 Å². The van der Waals surface area contributed by atoms with Gasteiger partial charge < -0.3 is 10.1 Å². The molecule has 3 aromatic rings. The number of carbonyl (C=O) groups is 3. The van der Waals surface area contributed by atoms with Crippen LogP contribution in [0.1, 0.15) is 48.8 Å². The van der Waals surface area contributed by atoms with Crippen LogP contribution in [0.4, 0.5) is 15.9 Å². The van der Waals surface area contributed by atoms with Gasteiger partial charge >= 0.3 is 0 Å². The number of amides is 3. The first-order valence-corrected chi connectivity index (χ1v) is 14.2. The molecule has 2 saturated heterocycles. The predicted octanol–water partition coefficient (Wildman–Crippen LogP) is 3.76. The average Bonchev–Trinajstić information content (AvgIpc) is 3.59. The van der Waals surface area contributed by atoms with Gasteiger partial charge in [0.05, 0.1) is 11.6 Å². The minimum Gasteiger partial charge on any atom is -0.381 e. The molecular formula is C32H30FN5O4. The van der Waals surface area contributed by atoms with Gasteiger partial charge in [-0.15, -0.1) is 0 Å². The monoisotopic (exact) mass is 567 g/mol. The van der Waals surface area contributed by atoms with E-state index < -0.39 is 23.3 Å². The zero-order chi connectivity index (χ0) is 29.3. The fraction of sp³-hybridized carbons (Fsp3) is 0.344. The van der Waals surface area contributed by atoms with Gasteiger partial charge in [0.1, 0.15) is 17.7 Å². The third kappa shape index (κ3) is 4.80. The highest BCUT2D eigenvalue weighted by Crippen LogP contribution is 2.46. The highest BCUT2D eigenvalue weighted by Gasteiger charge is 2.55. The topological polar surface area (TPSA) is 116 Å². The molecule has 6 rings (SSSR count). The second-order valence-electron chi connectivity index (χ2n) is 10.9. The lowest BCUT2D eigenvalue weighted by molar-refractivity contribution is -0.132. The number of carbonyl (C=O) groups excluding carboxylic acids is 3. The van der Waals surface area contributed by atoms with Crippen molar-refractivity contribution in [3.05, 3.63) is 89.4 Å². The summed E-state index contributed by atoms with van der Waals surface area (Å²) >= 11 is 0. The van der Waals surface area contributed by atoms with E-state index in [-0.39, 0.29) is 48.6 Å². The van der Waals surface area contributed by atoms with Crippen molar-refractivity contribution in [3.8, 4) is 6.07 Å². The summed E-state index contributed by atoms with van der Waals surface area (Å²) in [6, 6.07) is 17.0. The number of anilines is 2. The predicted molar refractivity (Wildman–Crippen MR) is 152 cm³/mol. The van der Waals surface area contributed by atoms with E-state index in [1.54, 1.807) is 6.07 Å². The molecule has 0 saturated carbocycles. The summed E-state index contributed by atoms with van der Waals surface area (Å²) in [4.78, 5) is 49.6. The largest absolute Gasteiger partial charge is 0.381 e. The molecule has 2 fully saturated rings. The molecule has 0 radical (unpaired) electrons. The summed E-state index contributed by atoms with van der Waals surface area (Å²) in [5.74, 6) is -1.56. The fourth-order valence-corrected chi connectivity index (χ4v) is 6.43. The maximum absolute atomic E-state index is 14.9. The highest BCUT2D eigenvalue weighted by atomic mass is 19.1. The number of rotatable bonds is 6. The van der Waals surface area contributed by atoms with Crippen LogP contribution in [0.15, 0.2) is 66.9 Å². The third-order valence-electron chi connectivity index (χ3n) is 8.44. The number of ether oxygens (including phenoxy) is 1. The van der Waals surface area contributed by atoms with Crippen molar-refractivity contribution in [1.82, 2.24) is 10.3 Å². The molecule has 1 unspecified atom stereocenters. The number of nitrogens with zero attached hydrogens (tertiary/aromatic N) is 4. The second kappa shape index (κ2) is 11.3. The van der Waals surface area contributed by atoms with E-state index in [0.29, 0.717) is 43.6 Å². The minimum absolute atomic E-state index is 0.0870. The van der Waals surface area contributed by atoms with Gasteiger partial charge in [0.2, 0.25) is 5.91 Å². The molecular weight excluding hydrogens is 537 g/mol. The van der Waals surface area contributed by atoms with Gasteiger partial charge in [-0.25, -0.2) is 9.37 Å². The van der Waals surface area contributed by atoms with Crippen LogP contribution >= 0.6 is 0 Å². The van der Waals surface area contributed by atoms with Gasteiger partial charge in [0.15, 0.2) is 5.54 Å². The zero-order valence-corrected chi connectivity index (χ0v) is 23.0. The van der Waals surface area contributed by atoms with Crippen molar-refractivity contribution in [2.75, 3.05) is 23.0 Å². The maximum atomic E-state index is 14.9. The van der Waals surface area contributed by atoms with E-state index >= 15 is 0 Å². The Bertz CT molecular complexity index is 1580. The van der Waals surface area contributed by atoms with Crippen molar-refractivity contribution < 1.29 is 23.5 Å². The molecule has 1 N–H and O–H groups in total. The Morgan fingerprint density at radius 2 is 1.88 bits per heavy atom. The Kier molecular flexibility index (Phi) is 7.43. The van der Waals surface area contributed by atoms with E-state index in [9.17, 15) is 24.0 Å². The summed E-state index contributed by atoms with van der Waals surface area (Å²) in [6.07, 6.45) is 3.79. The van der Waals surface area contributed by atoms with Gasteiger partial charge in [-0.3, -0.25) is 24.2 Å². The van der Waals surface area contributed by atoms with Crippen molar-refractivity contribution in [3.63, 3.8) is 0 Å². The highest BCUT2D eigenvalue weighted by molar-refractivity contribution is 6.12. The van der Waals surface area contributed by atoms with Gasteiger partial charge in [-0.1, -0.05) is 30.3 Å². The molecule has 9 nitrogen and oxygen atoms in total. The molecule has 0 spiro atoms. The van der Waals surface area contributed by atoms with Crippen LogP contribution in [0, 0.1) is 17.1 Å². The Morgan fingerprint density at radius 3 is 2.67 bits per heavy atom. The number of hydrogen-bond donors (Lipinski definition) is 1. The Hall–Kier alpha value is -4.62. The molecule has 214 valence electrons. The van der Waals surface area contributed by atoms with Crippen LogP contribution in [0.3, 0.4) is 0 Å². The first kappa shape index (κ1) is 27.5. The van der Waals surface area contributed by atoms with Crippen LogP contribution < -0.4 is 15.1 Å². The molecule has 2 aromatic carbocycles. The SMILES string of the molecule is N#Cc1ccnc(N2C(=O)CC[C@H]2C(=O)N(c2cccc(F)c2)C2(C(=O)NC3CCOCC3)CCc3ccccc32)c1. The molecule has 1 aromatic heterocycles. The van der Waals surface area contributed by atoms with Crippen molar-refractivity contribution >= 4 is 29.2 Å². The first-order chi connectivity index (χ1) is 20.4. The summed E-state index contributed by atoms with van der Waals surface area (Å²) in [7, 11) is 0. The molecule has 1 aliphatic carbocycles. The van der Waals surface area contributed by atoms with E-state index in [0.717, 1.165) is 5.56 Å². The number of nitriles is 1. The number of aromatic nitrogens is 1. The standard InChI is InChI=1S/C32H30FN5O4/c33-23-5-3-6-25(19-23)38(30(40)27-8-9-29(39)37(27)28-18-21(20-34)11-15-35-28)32(14-10-22-4-1-2-7-26(22)32)31(41)36-24-12-16-42-17-13-24/h1-7,11,15,18-19,24,27H,8-10,12-14,16-17H2,(H,36,41)/t27-,32?/m0/s1. The van der Waals surface area contributed by atoms with Gasteiger partial charge in [0.25, 0.3) is 11.8 Å². The van der Waals surface area contributed by atoms with Crippen LogP contribution in [-0.2, 0) is 31.1 Å². The number of halogens is 1. The number of pyridine rings is 1. The Labute approximate surface area is 242 Å². The summed E-state index contributed by atoms with van der Waals surface area (Å²) < 4.78 is 20.3. The van der Waals surface area contributed by atoms with Crippen LogP contribution in [-0.4, -0.2) is 48.0 Å². The second-order valence-corrected chi connectivity index (χ2v) is 10.9. The van der Waals surface area contributed by atoms with Crippen molar-refractivity contribution in [2.24, 2.45) is 0 Å². The van der Waals surface area contributed by atoms with E-state index in [2.05, 4.69) is 10.3 Å². The molecule has 10 heteroatoms. The van der Waals surface area contributed by atoms with Crippen LogP contribution in [0.5, 0.6) is 0 Å². The summed E-state index contributed by atoms with van der Waals surface area (Å²) in [5, 5.41) is 12.6. The molecule has 3 amide bonds.